The van der Waals surface area contributed by atoms with Gasteiger partial charge < -0.3 is 10.0 Å². The number of carbonyl (C=O) groups is 1. The first-order chi connectivity index (χ1) is 10.9. The third-order valence-electron chi connectivity index (χ3n) is 4.05. The number of aliphatic hydroxyl groups is 1. The molecule has 0 spiro atoms. The van der Waals surface area contributed by atoms with Crippen LogP contribution in [0, 0.1) is 0 Å². The highest BCUT2D eigenvalue weighted by Crippen LogP contribution is 2.31. The molecule has 122 valence electrons. The van der Waals surface area contributed by atoms with E-state index in [1.807, 2.05) is 0 Å². The summed E-state index contributed by atoms with van der Waals surface area (Å²) in [5, 5.41) is 13.6. The quantitative estimate of drug-likeness (QED) is 0.475. The number of fused-ring (bicyclic) bond motifs is 1. The summed E-state index contributed by atoms with van der Waals surface area (Å²) in [5.41, 5.74) is 9.18. The SMILES string of the molecule is [N-]=[N+]=NC1CN(S(=O)(=O)CCN2C(=O)c3ccccc3C2O)C1. The second-order valence-corrected chi connectivity index (χ2v) is 7.54. The lowest BCUT2D eigenvalue weighted by molar-refractivity contribution is 0.0205. The molecule has 1 amide bonds. The summed E-state index contributed by atoms with van der Waals surface area (Å²) in [5.74, 6) is -0.661. The van der Waals surface area contributed by atoms with Crippen LogP contribution in [-0.4, -0.2) is 60.1 Å². The molecule has 0 saturated carbocycles. The van der Waals surface area contributed by atoms with E-state index in [4.69, 9.17) is 5.53 Å². The van der Waals surface area contributed by atoms with Crippen LogP contribution in [0.1, 0.15) is 22.1 Å². The maximum Gasteiger partial charge on any atom is 0.256 e. The zero-order valence-electron chi connectivity index (χ0n) is 12.1. The van der Waals surface area contributed by atoms with E-state index in [9.17, 15) is 18.3 Å². The summed E-state index contributed by atoms with van der Waals surface area (Å²) < 4.78 is 25.6. The fraction of sp³-hybridized carbons (Fsp3) is 0.462. The molecule has 1 unspecified atom stereocenters. The molecule has 0 aliphatic carbocycles. The van der Waals surface area contributed by atoms with Crippen LogP contribution in [0.25, 0.3) is 10.4 Å². The standard InChI is InChI=1S/C13H15N5O4S/c14-16-15-9-7-17(8-9)23(21,22)6-5-18-12(19)10-3-1-2-4-11(10)13(18)20/h1-4,9,12,19H,5-8H2. The lowest BCUT2D eigenvalue weighted by atomic mass is 10.1. The Morgan fingerprint density at radius 3 is 2.70 bits per heavy atom. The van der Waals surface area contributed by atoms with Crippen molar-refractivity contribution in [2.45, 2.75) is 12.3 Å². The molecular formula is C13H15N5O4S. The zero-order valence-corrected chi connectivity index (χ0v) is 12.9. The minimum Gasteiger partial charge on any atom is -0.369 e. The van der Waals surface area contributed by atoms with Gasteiger partial charge in [0.15, 0.2) is 6.23 Å². The van der Waals surface area contributed by atoms with E-state index in [0.29, 0.717) is 11.1 Å². The number of hydrogen-bond donors (Lipinski definition) is 1. The highest BCUT2D eigenvalue weighted by molar-refractivity contribution is 7.89. The highest BCUT2D eigenvalue weighted by Gasteiger charge is 2.38. The smallest absolute Gasteiger partial charge is 0.256 e. The Morgan fingerprint density at radius 2 is 2.04 bits per heavy atom. The molecular weight excluding hydrogens is 322 g/mol. The summed E-state index contributed by atoms with van der Waals surface area (Å²) in [7, 11) is -3.55. The molecule has 10 heteroatoms. The molecule has 2 aliphatic rings. The van der Waals surface area contributed by atoms with Crippen molar-refractivity contribution < 1.29 is 18.3 Å². The number of aliphatic hydroxyl groups excluding tert-OH is 1. The summed E-state index contributed by atoms with van der Waals surface area (Å²) >= 11 is 0. The van der Waals surface area contributed by atoms with Crippen molar-refractivity contribution >= 4 is 15.9 Å². The van der Waals surface area contributed by atoms with Crippen LogP contribution < -0.4 is 0 Å². The number of amides is 1. The van der Waals surface area contributed by atoms with Gasteiger partial charge in [-0.15, -0.1) is 0 Å². The van der Waals surface area contributed by atoms with Gasteiger partial charge in [0, 0.05) is 35.7 Å². The normalized spacial score (nSPS) is 21.7. The summed E-state index contributed by atoms with van der Waals surface area (Å²) in [6.45, 7) is 0.214. The van der Waals surface area contributed by atoms with Gasteiger partial charge in [-0.25, -0.2) is 12.7 Å². The van der Waals surface area contributed by atoms with Crippen LogP contribution in [0.3, 0.4) is 0 Å². The van der Waals surface area contributed by atoms with E-state index in [2.05, 4.69) is 10.0 Å². The van der Waals surface area contributed by atoms with Gasteiger partial charge in [0.05, 0.1) is 11.8 Å². The highest BCUT2D eigenvalue weighted by atomic mass is 32.2. The van der Waals surface area contributed by atoms with Gasteiger partial charge in [-0.2, -0.15) is 0 Å². The maximum atomic E-state index is 12.2. The average molecular weight is 337 g/mol. The molecule has 1 aromatic rings. The fourth-order valence-electron chi connectivity index (χ4n) is 2.71. The Morgan fingerprint density at radius 1 is 1.35 bits per heavy atom. The topological polar surface area (TPSA) is 127 Å². The van der Waals surface area contributed by atoms with Crippen molar-refractivity contribution in [2.75, 3.05) is 25.4 Å². The van der Waals surface area contributed by atoms with Crippen LogP contribution in [0.2, 0.25) is 0 Å². The van der Waals surface area contributed by atoms with Crippen molar-refractivity contribution in [1.29, 1.82) is 0 Å². The molecule has 1 saturated heterocycles. The van der Waals surface area contributed by atoms with Crippen LogP contribution >= 0.6 is 0 Å². The van der Waals surface area contributed by atoms with Gasteiger partial charge in [-0.3, -0.25) is 4.79 Å². The van der Waals surface area contributed by atoms with E-state index >= 15 is 0 Å². The molecule has 1 aromatic carbocycles. The van der Waals surface area contributed by atoms with Gasteiger partial charge in [0.1, 0.15) is 0 Å². The maximum absolute atomic E-state index is 12.2. The van der Waals surface area contributed by atoms with E-state index in [-0.39, 0.29) is 37.3 Å². The molecule has 23 heavy (non-hydrogen) atoms. The fourth-order valence-corrected chi connectivity index (χ4v) is 4.19. The average Bonchev–Trinajstić information content (AvgIpc) is 2.73. The number of azide groups is 1. The first kappa shape index (κ1) is 15.8. The van der Waals surface area contributed by atoms with E-state index in [1.54, 1.807) is 24.3 Å². The third kappa shape index (κ3) is 2.77. The molecule has 2 aliphatic heterocycles. The Bertz CT molecular complexity index is 783. The van der Waals surface area contributed by atoms with E-state index in [0.717, 1.165) is 4.90 Å². The Labute approximate surface area is 132 Å². The first-order valence-electron chi connectivity index (χ1n) is 7.04. The lowest BCUT2D eigenvalue weighted by Crippen LogP contribution is -2.54. The van der Waals surface area contributed by atoms with E-state index in [1.165, 1.54) is 4.31 Å². The van der Waals surface area contributed by atoms with Gasteiger partial charge in [-0.05, 0) is 11.6 Å². The lowest BCUT2D eigenvalue weighted by Gasteiger charge is -2.35. The molecule has 1 fully saturated rings. The van der Waals surface area contributed by atoms with Crippen molar-refractivity contribution in [2.24, 2.45) is 5.11 Å². The Hall–Kier alpha value is -2.13. The van der Waals surface area contributed by atoms with Crippen molar-refractivity contribution in [3.63, 3.8) is 0 Å². The number of hydrogen-bond acceptors (Lipinski definition) is 5. The van der Waals surface area contributed by atoms with Gasteiger partial charge in [-0.1, -0.05) is 23.3 Å². The first-order valence-corrected chi connectivity index (χ1v) is 8.65. The largest absolute Gasteiger partial charge is 0.369 e. The van der Waals surface area contributed by atoms with Crippen LogP contribution in [0.4, 0.5) is 0 Å². The molecule has 2 heterocycles. The Kier molecular flexibility index (Phi) is 3.99. The summed E-state index contributed by atoms with van der Waals surface area (Å²) in [4.78, 5) is 16.0. The second-order valence-electron chi connectivity index (χ2n) is 5.45. The van der Waals surface area contributed by atoms with Crippen LogP contribution in [-0.2, 0) is 10.0 Å². The molecule has 0 aromatic heterocycles. The number of carbonyl (C=O) groups excluding carboxylic acids is 1. The van der Waals surface area contributed by atoms with Crippen molar-refractivity contribution in [3.05, 3.63) is 45.8 Å². The number of nitrogens with zero attached hydrogens (tertiary/aromatic N) is 5. The Balaban J connectivity index is 1.63. The van der Waals surface area contributed by atoms with E-state index < -0.39 is 16.3 Å². The number of rotatable bonds is 5. The molecule has 0 bridgehead atoms. The van der Waals surface area contributed by atoms with Crippen LogP contribution in [0.15, 0.2) is 29.4 Å². The number of sulfonamides is 1. The minimum atomic E-state index is -3.55. The second kappa shape index (κ2) is 5.82. The summed E-state index contributed by atoms with van der Waals surface area (Å²) in [6.07, 6.45) is -1.12. The molecule has 1 N–H and O–H groups in total. The molecule has 9 nitrogen and oxygen atoms in total. The number of benzene rings is 1. The minimum absolute atomic E-state index is 0.0975. The third-order valence-corrected chi connectivity index (χ3v) is 5.84. The predicted molar refractivity (Wildman–Crippen MR) is 80.7 cm³/mol. The zero-order chi connectivity index (χ0) is 16.6. The molecule has 0 radical (unpaired) electrons. The summed E-state index contributed by atoms with van der Waals surface area (Å²) in [6, 6.07) is 6.32. The van der Waals surface area contributed by atoms with Crippen molar-refractivity contribution in [3.8, 4) is 0 Å². The van der Waals surface area contributed by atoms with Gasteiger partial charge >= 0.3 is 0 Å². The van der Waals surface area contributed by atoms with Crippen LogP contribution in [0.5, 0.6) is 0 Å². The molecule has 1 atom stereocenters. The predicted octanol–water partition coefficient (Wildman–Crippen LogP) is 0.458. The van der Waals surface area contributed by atoms with Gasteiger partial charge in [0.2, 0.25) is 10.0 Å². The monoisotopic (exact) mass is 337 g/mol. The van der Waals surface area contributed by atoms with Gasteiger partial charge in [0.25, 0.3) is 5.91 Å². The van der Waals surface area contributed by atoms with Crippen molar-refractivity contribution in [1.82, 2.24) is 9.21 Å². The molecule has 3 rings (SSSR count).